The Hall–Kier alpha value is -1.67. The van der Waals surface area contributed by atoms with Crippen LogP contribution >= 0.6 is 0 Å². The number of aromatic nitrogens is 2. The lowest BCUT2D eigenvalue weighted by Crippen LogP contribution is -2.37. The molecule has 1 aliphatic rings. The van der Waals surface area contributed by atoms with Crippen molar-refractivity contribution in [2.24, 2.45) is 7.05 Å². The highest BCUT2D eigenvalue weighted by Gasteiger charge is 2.34. The van der Waals surface area contributed by atoms with Crippen LogP contribution in [0.3, 0.4) is 0 Å². The van der Waals surface area contributed by atoms with Gasteiger partial charge in [0.05, 0.1) is 11.5 Å². The molecule has 8 heteroatoms. The lowest BCUT2D eigenvalue weighted by Gasteiger charge is -2.20. The highest BCUT2D eigenvalue weighted by atomic mass is 16.6. The molecule has 8 nitrogen and oxygen atoms in total. The maximum absolute atomic E-state index is 11.1. The maximum atomic E-state index is 11.1. The molecule has 106 valence electrons. The molecule has 0 aliphatic carbocycles. The second-order valence-corrected chi connectivity index (χ2v) is 4.76. The first-order valence-electron chi connectivity index (χ1n) is 6.21. The predicted octanol–water partition coefficient (Wildman–Crippen LogP) is 0.454. The van der Waals surface area contributed by atoms with Crippen LogP contribution in [0, 0.1) is 10.1 Å². The molecule has 1 aliphatic heterocycles. The highest BCUT2D eigenvalue weighted by molar-refractivity contribution is 5.60. The average Bonchev–Trinajstić information content (AvgIpc) is 2.91. The number of aliphatic hydroxyl groups is 1. The third-order valence-corrected chi connectivity index (χ3v) is 3.28. The third-order valence-electron chi connectivity index (χ3n) is 3.28. The van der Waals surface area contributed by atoms with Crippen LogP contribution in [-0.4, -0.2) is 45.2 Å². The molecule has 1 unspecified atom stereocenters. The number of nitrogens with zero attached hydrogens (tertiary/aromatic N) is 3. The van der Waals surface area contributed by atoms with E-state index in [4.69, 9.17) is 4.74 Å². The standard InChI is InChI=1S/C11H18N4O4/c1-3-8-9(15(17)18)10(14(2)13-8)12-6-11(16)4-5-19-7-11/h12,16H,3-7H2,1-2H3. The lowest BCUT2D eigenvalue weighted by molar-refractivity contribution is -0.384. The smallest absolute Gasteiger partial charge is 0.333 e. The summed E-state index contributed by atoms with van der Waals surface area (Å²) in [5, 5.41) is 28.3. The van der Waals surface area contributed by atoms with E-state index < -0.39 is 10.5 Å². The summed E-state index contributed by atoms with van der Waals surface area (Å²) in [5.74, 6) is 0.321. The second kappa shape index (κ2) is 5.14. The van der Waals surface area contributed by atoms with Crippen LogP contribution in [0.2, 0.25) is 0 Å². The Balaban J connectivity index is 2.19. The molecular formula is C11H18N4O4. The van der Waals surface area contributed by atoms with Gasteiger partial charge in [-0.15, -0.1) is 0 Å². The van der Waals surface area contributed by atoms with Gasteiger partial charge in [0.1, 0.15) is 11.3 Å². The van der Waals surface area contributed by atoms with Crippen molar-refractivity contribution in [3.05, 3.63) is 15.8 Å². The molecular weight excluding hydrogens is 252 g/mol. The quantitative estimate of drug-likeness (QED) is 0.595. The number of hydrogen-bond acceptors (Lipinski definition) is 6. The highest BCUT2D eigenvalue weighted by Crippen LogP contribution is 2.29. The molecule has 2 heterocycles. The lowest BCUT2D eigenvalue weighted by atomic mass is 10.0. The number of ether oxygens (including phenoxy) is 1. The van der Waals surface area contributed by atoms with Gasteiger partial charge in [0, 0.05) is 26.6 Å². The van der Waals surface area contributed by atoms with E-state index in [9.17, 15) is 15.2 Å². The molecule has 1 aromatic rings. The summed E-state index contributed by atoms with van der Waals surface area (Å²) in [6, 6.07) is 0. The molecule has 1 saturated heterocycles. The zero-order valence-electron chi connectivity index (χ0n) is 11.0. The first-order chi connectivity index (χ1) is 8.97. The van der Waals surface area contributed by atoms with Crippen LogP contribution in [-0.2, 0) is 18.2 Å². The van der Waals surface area contributed by atoms with E-state index in [1.807, 2.05) is 6.92 Å². The van der Waals surface area contributed by atoms with Gasteiger partial charge in [0.2, 0.25) is 5.82 Å². The third kappa shape index (κ3) is 2.69. The van der Waals surface area contributed by atoms with Crippen molar-refractivity contribution in [3.63, 3.8) is 0 Å². The van der Waals surface area contributed by atoms with Crippen molar-refractivity contribution < 1.29 is 14.8 Å². The molecule has 19 heavy (non-hydrogen) atoms. The number of rotatable bonds is 5. The molecule has 2 N–H and O–H groups in total. The summed E-state index contributed by atoms with van der Waals surface area (Å²) in [5.41, 5.74) is -0.554. The second-order valence-electron chi connectivity index (χ2n) is 4.76. The van der Waals surface area contributed by atoms with Gasteiger partial charge >= 0.3 is 5.69 Å². The molecule has 0 spiro atoms. The van der Waals surface area contributed by atoms with Crippen LogP contribution in [0.15, 0.2) is 0 Å². The fourth-order valence-corrected chi connectivity index (χ4v) is 2.18. The molecule has 0 amide bonds. The Kier molecular flexibility index (Phi) is 3.72. The van der Waals surface area contributed by atoms with Gasteiger partial charge in [-0.2, -0.15) is 5.10 Å². The summed E-state index contributed by atoms with van der Waals surface area (Å²) >= 11 is 0. The monoisotopic (exact) mass is 270 g/mol. The van der Waals surface area contributed by atoms with Gasteiger partial charge in [0.15, 0.2) is 0 Å². The number of hydrogen-bond donors (Lipinski definition) is 2. The van der Waals surface area contributed by atoms with Crippen LogP contribution in [0.5, 0.6) is 0 Å². The minimum Gasteiger partial charge on any atom is -0.386 e. The first kappa shape index (κ1) is 13.8. The van der Waals surface area contributed by atoms with Crippen molar-refractivity contribution >= 4 is 11.5 Å². The topological polar surface area (TPSA) is 102 Å². The summed E-state index contributed by atoms with van der Waals surface area (Å²) in [6.07, 6.45) is 1.01. The van der Waals surface area contributed by atoms with Crippen molar-refractivity contribution in [3.8, 4) is 0 Å². The molecule has 0 bridgehead atoms. The van der Waals surface area contributed by atoms with Gasteiger partial charge in [-0.25, -0.2) is 4.68 Å². The predicted molar refractivity (Wildman–Crippen MR) is 68.1 cm³/mol. The largest absolute Gasteiger partial charge is 0.386 e. The van der Waals surface area contributed by atoms with E-state index in [1.54, 1.807) is 7.05 Å². The van der Waals surface area contributed by atoms with Crippen molar-refractivity contribution in [1.29, 1.82) is 0 Å². The molecule has 1 fully saturated rings. The SMILES string of the molecule is CCc1nn(C)c(NCC2(O)CCOC2)c1[N+](=O)[O-]. The van der Waals surface area contributed by atoms with Gasteiger partial charge < -0.3 is 15.2 Å². The van der Waals surface area contributed by atoms with Gasteiger partial charge in [0.25, 0.3) is 0 Å². The molecule has 0 radical (unpaired) electrons. The van der Waals surface area contributed by atoms with Crippen LogP contribution in [0.1, 0.15) is 19.0 Å². The molecule has 1 aromatic heterocycles. The fourth-order valence-electron chi connectivity index (χ4n) is 2.18. The molecule has 0 aromatic carbocycles. The number of aryl methyl sites for hydroxylation is 2. The Morgan fingerprint density at radius 3 is 2.95 bits per heavy atom. The van der Waals surface area contributed by atoms with Gasteiger partial charge in [-0.1, -0.05) is 6.92 Å². The number of nitro groups is 1. The van der Waals surface area contributed by atoms with Gasteiger partial charge in [-0.05, 0) is 6.42 Å². The zero-order chi connectivity index (χ0) is 14.0. The maximum Gasteiger partial charge on any atom is 0.333 e. The molecule has 0 saturated carbocycles. The number of anilines is 1. The van der Waals surface area contributed by atoms with E-state index in [2.05, 4.69) is 10.4 Å². The van der Waals surface area contributed by atoms with Gasteiger partial charge in [-0.3, -0.25) is 10.1 Å². The minimum absolute atomic E-state index is 0.0208. The average molecular weight is 270 g/mol. The molecule has 1 atom stereocenters. The summed E-state index contributed by atoms with van der Waals surface area (Å²) < 4.78 is 6.58. The van der Waals surface area contributed by atoms with E-state index >= 15 is 0 Å². The Morgan fingerprint density at radius 2 is 2.42 bits per heavy atom. The normalized spacial score (nSPS) is 22.7. The van der Waals surface area contributed by atoms with Crippen LogP contribution in [0.25, 0.3) is 0 Å². The molecule has 2 rings (SSSR count). The van der Waals surface area contributed by atoms with Crippen LogP contribution < -0.4 is 5.32 Å². The Labute approximate surface area is 110 Å². The zero-order valence-corrected chi connectivity index (χ0v) is 11.0. The number of nitrogens with one attached hydrogen (secondary N) is 1. The summed E-state index contributed by atoms with van der Waals surface area (Å²) in [6.45, 7) is 2.77. The van der Waals surface area contributed by atoms with E-state index in [-0.39, 0.29) is 18.8 Å². The summed E-state index contributed by atoms with van der Waals surface area (Å²) in [4.78, 5) is 10.7. The van der Waals surface area contributed by atoms with Crippen molar-refractivity contribution in [1.82, 2.24) is 9.78 Å². The van der Waals surface area contributed by atoms with E-state index in [0.29, 0.717) is 31.0 Å². The Bertz CT molecular complexity index is 479. The minimum atomic E-state index is -0.968. The first-order valence-corrected chi connectivity index (χ1v) is 6.21. The fraction of sp³-hybridized carbons (Fsp3) is 0.727. The van der Waals surface area contributed by atoms with Crippen molar-refractivity contribution in [2.45, 2.75) is 25.4 Å². The van der Waals surface area contributed by atoms with Crippen LogP contribution in [0.4, 0.5) is 11.5 Å². The summed E-state index contributed by atoms with van der Waals surface area (Å²) in [7, 11) is 1.64. The van der Waals surface area contributed by atoms with E-state index in [0.717, 1.165) is 0 Å². The Morgan fingerprint density at radius 1 is 1.68 bits per heavy atom. The van der Waals surface area contributed by atoms with Crippen molar-refractivity contribution in [2.75, 3.05) is 25.1 Å². The van der Waals surface area contributed by atoms with E-state index in [1.165, 1.54) is 4.68 Å².